The number of nitrogens with one attached hydrogen (secondary N) is 1. The summed E-state index contributed by atoms with van der Waals surface area (Å²) in [6.07, 6.45) is 3.88. The maximum absolute atomic E-state index is 5.66. The molecule has 1 N–H and O–H groups in total. The van der Waals surface area contributed by atoms with Gasteiger partial charge in [-0.15, -0.1) is 0 Å². The zero-order valence-corrected chi connectivity index (χ0v) is 15.3. The van der Waals surface area contributed by atoms with Gasteiger partial charge in [0.05, 0.1) is 19.8 Å². The van der Waals surface area contributed by atoms with Gasteiger partial charge in [0, 0.05) is 51.8 Å². The van der Waals surface area contributed by atoms with Crippen LogP contribution >= 0.6 is 0 Å². The predicted molar refractivity (Wildman–Crippen MR) is 94.0 cm³/mol. The Hall–Kier alpha value is -0.850. The minimum atomic E-state index is 0.537. The molecule has 2 atom stereocenters. The first kappa shape index (κ1) is 18.5. The lowest BCUT2D eigenvalue weighted by Gasteiger charge is -2.28. The van der Waals surface area contributed by atoms with E-state index >= 15 is 0 Å². The van der Waals surface area contributed by atoms with E-state index in [-0.39, 0.29) is 0 Å². The molecule has 0 aromatic heterocycles. The molecule has 1 aliphatic carbocycles. The average molecular weight is 326 g/mol. The van der Waals surface area contributed by atoms with E-state index < -0.39 is 0 Å². The zero-order valence-electron chi connectivity index (χ0n) is 15.3. The highest BCUT2D eigenvalue weighted by molar-refractivity contribution is 5.80. The largest absolute Gasteiger partial charge is 0.382 e. The van der Waals surface area contributed by atoms with Gasteiger partial charge in [0.1, 0.15) is 0 Å². The highest BCUT2D eigenvalue weighted by Crippen LogP contribution is 2.26. The SMILES string of the molecule is CN=C(NCC(C)N(C)C1CC1)N1CCC(COCCOC)C1. The van der Waals surface area contributed by atoms with Crippen molar-refractivity contribution >= 4 is 5.96 Å². The van der Waals surface area contributed by atoms with Gasteiger partial charge in [0.2, 0.25) is 0 Å². The van der Waals surface area contributed by atoms with Gasteiger partial charge in [0.15, 0.2) is 5.96 Å². The summed E-state index contributed by atoms with van der Waals surface area (Å²) in [6.45, 7) is 7.50. The van der Waals surface area contributed by atoms with Crippen LogP contribution in [0.4, 0.5) is 0 Å². The average Bonchev–Trinajstić information content (AvgIpc) is 3.31. The molecule has 1 heterocycles. The number of nitrogens with zero attached hydrogens (tertiary/aromatic N) is 3. The van der Waals surface area contributed by atoms with Crippen molar-refractivity contribution in [1.29, 1.82) is 0 Å². The van der Waals surface area contributed by atoms with Crippen LogP contribution in [0.25, 0.3) is 0 Å². The molecule has 6 nitrogen and oxygen atoms in total. The third-order valence-electron chi connectivity index (χ3n) is 4.96. The number of hydrogen-bond acceptors (Lipinski definition) is 4. The molecule has 2 aliphatic rings. The number of aliphatic imine (C=N–C) groups is 1. The van der Waals surface area contributed by atoms with Crippen LogP contribution < -0.4 is 5.32 Å². The Kier molecular flexibility index (Phi) is 7.59. The van der Waals surface area contributed by atoms with Crippen LogP contribution in [0.15, 0.2) is 4.99 Å². The summed E-state index contributed by atoms with van der Waals surface area (Å²) in [7, 11) is 5.81. The van der Waals surface area contributed by atoms with Crippen LogP contribution in [0.5, 0.6) is 0 Å². The smallest absolute Gasteiger partial charge is 0.193 e. The molecule has 1 aliphatic heterocycles. The molecule has 0 aromatic rings. The molecule has 23 heavy (non-hydrogen) atoms. The highest BCUT2D eigenvalue weighted by Gasteiger charge is 2.30. The summed E-state index contributed by atoms with van der Waals surface area (Å²) < 4.78 is 10.7. The Morgan fingerprint density at radius 3 is 2.78 bits per heavy atom. The minimum Gasteiger partial charge on any atom is -0.382 e. The lowest BCUT2D eigenvalue weighted by Crippen LogP contribution is -2.46. The van der Waals surface area contributed by atoms with Crippen molar-refractivity contribution in [1.82, 2.24) is 15.1 Å². The first-order valence-electron chi connectivity index (χ1n) is 8.90. The summed E-state index contributed by atoms with van der Waals surface area (Å²) in [5, 5.41) is 3.55. The maximum Gasteiger partial charge on any atom is 0.193 e. The van der Waals surface area contributed by atoms with Crippen LogP contribution in [0.3, 0.4) is 0 Å². The van der Waals surface area contributed by atoms with E-state index in [1.54, 1.807) is 7.11 Å². The number of guanidine groups is 1. The van der Waals surface area contributed by atoms with Crippen molar-refractivity contribution in [3.63, 3.8) is 0 Å². The molecule has 0 spiro atoms. The van der Waals surface area contributed by atoms with Gasteiger partial charge < -0.3 is 19.7 Å². The fraction of sp³-hybridized carbons (Fsp3) is 0.941. The van der Waals surface area contributed by atoms with E-state index in [0.29, 0.717) is 25.2 Å². The van der Waals surface area contributed by atoms with E-state index in [4.69, 9.17) is 9.47 Å². The Balaban J connectivity index is 1.67. The third-order valence-corrected chi connectivity index (χ3v) is 4.96. The summed E-state index contributed by atoms with van der Waals surface area (Å²) in [5.74, 6) is 1.62. The Morgan fingerprint density at radius 1 is 1.35 bits per heavy atom. The Morgan fingerprint density at radius 2 is 2.13 bits per heavy atom. The molecule has 6 heteroatoms. The number of hydrogen-bond donors (Lipinski definition) is 1. The topological polar surface area (TPSA) is 49.3 Å². The van der Waals surface area contributed by atoms with Crippen LogP contribution in [-0.2, 0) is 9.47 Å². The predicted octanol–water partition coefficient (Wildman–Crippen LogP) is 1.03. The van der Waals surface area contributed by atoms with Crippen LogP contribution in [0, 0.1) is 5.92 Å². The van der Waals surface area contributed by atoms with E-state index in [2.05, 4.69) is 34.1 Å². The van der Waals surface area contributed by atoms with Gasteiger partial charge in [-0.25, -0.2) is 0 Å². The quantitative estimate of drug-likeness (QED) is 0.390. The first-order chi connectivity index (χ1) is 11.2. The second-order valence-electron chi connectivity index (χ2n) is 6.84. The molecular formula is C17H34N4O2. The molecule has 0 amide bonds. The molecule has 2 unspecified atom stereocenters. The van der Waals surface area contributed by atoms with E-state index in [1.165, 1.54) is 19.3 Å². The normalized spacial score (nSPS) is 23.6. The molecule has 0 radical (unpaired) electrons. The molecular weight excluding hydrogens is 292 g/mol. The lowest BCUT2D eigenvalue weighted by atomic mass is 10.1. The minimum absolute atomic E-state index is 0.537. The Bertz CT molecular complexity index is 374. The molecule has 1 saturated carbocycles. The third kappa shape index (κ3) is 5.94. The van der Waals surface area contributed by atoms with Gasteiger partial charge in [0.25, 0.3) is 0 Å². The number of ether oxygens (including phenoxy) is 2. The fourth-order valence-electron chi connectivity index (χ4n) is 3.11. The maximum atomic E-state index is 5.66. The molecule has 134 valence electrons. The number of rotatable bonds is 9. The first-order valence-corrected chi connectivity index (χ1v) is 8.90. The number of methoxy groups -OCH3 is 1. The van der Waals surface area contributed by atoms with Crippen molar-refractivity contribution in [3.8, 4) is 0 Å². The van der Waals surface area contributed by atoms with E-state index in [9.17, 15) is 0 Å². The molecule has 2 rings (SSSR count). The highest BCUT2D eigenvalue weighted by atomic mass is 16.5. The number of likely N-dealkylation sites (N-methyl/N-ethyl adjacent to an activating group) is 1. The number of likely N-dealkylation sites (tertiary alicyclic amines) is 1. The van der Waals surface area contributed by atoms with Gasteiger partial charge in [-0.05, 0) is 33.2 Å². The second kappa shape index (κ2) is 9.45. The molecule has 0 bridgehead atoms. The van der Waals surface area contributed by atoms with Crippen molar-refractivity contribution in [2.75, 3.05) is 60.7 Å². The van der Waals surface area contributed by atoms with Crippen LogP contribution in [0.2, 0.25) is 0 Å². The van der Waals surface area contributed by atoms with E-state index in [0.717, 1.165) is 38.2 Å². The van der Waals surface area contributed by atoms with Crippen molar-refractivity contribution in [3.05, 3.63) is 0 Å². The van der Waals surface area contributed by atoms with Crippen LogP contribution in [-0.4, -0.2) is 88.5 Å². The molecule has 2 fully saturated rings. The fourth-order valence-corrected chi connectivity index (χ4v) is 3.11. The second-order valence-corrected chi connectivity index (χ2v) is 6.84. The van der Waals surface area contributed by atoms with Crippen LogP contribution in [0.1, 0.15) is 26.2 Å². The summed E-state index contributed by atoms with van der Waals surface area (Å²) in [4.78, 5) is 9.30. The lowest BCUT2D eigenvalue weighted by molar-refractivity contribution is 0.0536. The van der Waals surface area contributed by atoms with Crippen molar-refractivity contribution in [2.24, 2.45) is 10.9 Å². The van der Waals surface area contributed by atoms with Gasteiger partial charge >= 0.3 is 0 Å². The summed E-state index contributed by atoms with van der Waals surface area (Å²) in [5.41, 5.74) is 0. The monoisotopic (exact) mass is 326 g/mol. The molecule has 1 saturated heterocycles. The van der Waals surface area contributed by atoms with Gasteiger partial charge in [-0.3, -0.25) is 9.89 Å². The molecule has 0 aromatic carbocycles. The Labute approximate surface area is 141 Å². The zero-order chi connectivity index (χ0) is 16.7. The van der Waals surface area contributed by atoms with Gasteiger partial charge in [-0.1, -0.05) is 0 Å². The van der Waals surface area contributed by atoms with Crippen molar-refractivity contribution < 1.29 is 9.47 Å². The summed E-state index contributed by atoms with van der Waals surface area (Å²) >= 11 is 0. The van der Waals surface area contributed by atoms with E-state index in [1.807, 2.05) is 7.05 Å². The van der Waals surface area contributed by atoms with Gasteiger partial charge in [-0.2, -0.15) is 0 Å². The van der Waals surface area contributed by atoms with Crippen molar-refractivity contribution in [2.45, 2.75) is 38.3 Å². The summed E-state index contributed by atoms with van der Waals surface area (Å²) in [6, 6.07) is 1.34. The standard InChI is InChI=1S/C17H34N4O2/c1-14(20(3)16-5-6-16)11-19-17(18-2)21-8-7-15(12-21)13-23-10-9-22-4/h14-16H,5-13H2,1-4H3,(H,18,19).